The van der Waals surface area contributed by atoms with Crippen molar-refractivity contribution in [1.82, 2.24) is 0 Å². The molecule has 0 spiro atoms. The molecule has 0 aliphatic carbocycles. The van der Waals surface area contributed by atoms with Gasteiger partial charge in [-0.25, -0.2) is 4.39 Å². The molecule has 2 nitrogen and oxygen atoms in total. The summed E-state index contributed by atoms with van der Waals surface area (Å²) in [5, 5.41) is 0. The van der Waals surface area contributed by atoms with Crippen LogP contribution in [0.5, 0.6) is 0 Å². The maximum Gasteiger partial charge on any atom is 0.123 e. The lowest BCUT2D eigenvalue weighted by molar-refractivity contribution is 0.0360. The van der Waals surface area contributed by atoms with E-state index in [-0.39, 0.29) is 5.82 Å². The molecule has 0 bridgehead atoms. The van der Waals surface area contributed by atoms with Crippen LogP contribution in [0.25, 0.3) is 0 Å². The summed E-state index contributed by atoms with van der Waals surface area (Å²) >= 11 is 0. The SMILES string of the molecule is CCC(N)(c1cccc(F)c1)C1CCOCC1. The van der Waals surface area contributed by atoms with Crippen molar-refractivity contribution in [2.75, 3.05) is 13.2 Å². The van der Waals surface area contributed by atoms with Crippen molar-refractivity contribution in [2.24, 2.45) is 11.7 Å². The fourth-order valence-corrected chi connectivity index (χ4v) is 2.72. The van der Waals surface area contributed by atoms with Gasteiger partial charge >= 0.3 is 0 Å². The molecule has 1 aliphatic heterocycles. The number of halogens is 1. The summed E-state index contributed by atoms with van der Waals surface area (Å²) in [5.74, 6) is 0.167. The van der Waals surface area contributed by atoms with Crippen molar-refractivity contribution in [2.45, 2.75) is 31.7 Å². The van der Waals surface area contributed by atoms with Crippen molar-refractivity contribution in [3.63, 3.8) is 0 Å². The Labute approximate surface area is 102 Å². The zero-order valence-electron chi connectivity index (χ0n) is 10.3. The number of ether oxygens (including phenoxy) is 1. The molecule has 94 valence electrons. The Morgan fingerprint density at radius 3 is 2.71 bits per heavy atom. The Morgan fingerprint density at radius 2 is 2.12 bits per heavy atom. The Kier molecular flexibility index (Phi) is 3.79. The van der Waals surface area contributed by atoms with Gasteiger partial charge in [0.25, 0.3) is 0 Å². The maximum atomic E-state index is 13.3. The molecule has 1 unspecified atom stereocenters. The third-order valence-electron chi connectivity index (χ3n) is 3.90. The van der Waals surface area contributed by atoms with E-state index < -0.39 is 5.54 Å². The standard InChI is InChI=1S/C14H20FNO/c1-2-14(16,11-6-8-17-9-7-11)12-4-3-5-13(15)10-12/h3-5,10-11H,2,6-9,16H2,1H3. The van der Waals surface area contributed by atoms with Gasteiger partial charge in [-0.2, -0.15) is 0 Å². The van der Waals surface area contributed by atoms with Gasteiger partial charge in [-0.05, 0) is 42.9 Å². The summed E-state index contributed by atoms with van der Waals surface area (Å²) in [6.45, 7) is 3.60. The maximum absolute atomic E-state index is 13.3. The molecule has 0 aromatic heterocycles. The molecule has 0 saturated carbocycles. The minimum Gasteiger partial charge on any atom is -0.381 e. The van der Waals surface area contributed by atoms with Gasteiger partial charge in [0, 0.05) is 18.8 Å². The average molecular weight is 237 g/mol. The second kappa shape index (κ2) is 5.15. The van der Waals surface area contributed by atoms with Crippen LogP contribution in [-0.2, 0) is 10.3 Å². The van der Waals surface area contributed by atoms with Crippen LogP contribution in [0.2, 0.25) is 0 Å². The van der Waals surface area contributed by atoms with Crippen LogP contribution in [0.4, 0.5) is 4.39 Å². The molecule has 1 fully saturated rings. The van der Waals surface area contributed by atoms with Crippen molar-refractivity contribution in [3.8, 4) is 0 Å². The first-order valence-corrected chi connectivity index (χ1v) is 6.29. The van der Waals surface area contributed by atoms with Crippen LogP contribution >= 0.6 is 0 Å². The number of hydrogen-bond acceptors (Lipinski definition) is 2. The summed E-state index contributed by atoms with van der Waals surface area (Å²) in [6.07, 6.45) is 2.74. The summed E-state index contributed by atoms with van der Waals surface area (Å²) < 4.78 is 18.7. The Morgan fingerprint density at radius 1 is 1.41 bits per heavy atom. The monoisotopic (exact) mass is 237 g/mol. The fraction of sp³-hybridized carbons (Fsp3) is 0.571. The molecule has 17 heavy (non-hydrogen) atoms. The smallest absolute Gasteiger partial charge is 0.123 e. The van der Waals surface area contributed by atoms with Gasteiger partial charge in [-0.3, -0.25) is 0 Å². The van der Waals surface area contributed by atoms with E-state index in [1.54, 1.807) is 12.1 Å². The van der Waals surface area contributed by atoms with E-state index in [4.69, 9.17) is 10.5 Å². The third-order valence-corrected chi connectivity index (χ3v) is 3.90. The third kappa shape index (κ3) is 2.50. The molecule has 1 aromatic rings. The van der Waals surface area contributed by atoms with Crippen LogP contribution in [0.1, 0.15) is 31.7 Å². The first-order valence-electron chi connectivity index (χ1n) is 6.29. The highest BCUT2D eigenvalue weighted by atomic mass is 19.1. The summed E-state index contributed by atoms with van der Waals surface area (Å²) in [4.78, 5) is 0. The van der Waals surface area contributed by atoms with E-state index in [1.807, 2.05) is 6.07 Å². The molecule has 1 atom stereocenters. The summed E-state index contributed by atoms with van der Waals surface area (Å²) in [6, 6.07) is 6.70. The quantitative estimate of drug-likeness (QED) is 0.877. The number of hydrogen-bond donors (Lipinski definition) is 1. The van der Waals surface area contributed by atoms with Crippen molar-refractivity contribution in [1.29, 1.82) is 0 Å². The number of benzene rings is 1. The minimum atomic E-state index is -0.425. The first-order chi connectivity index (χ1) is 8.16. The van der Waals surface area contributed by atoms with Crippen LogP contribution in [0, 0.1) is 11.7 Å². The Hall–Kier alpha value is -0.930. The molecule has 1 saturated heterocycles. The lowest BCUT2D eigenvalue weighted by Gasteiger charge is -2.39. The zero-order valence-corrected chi connectivity index (χ0v) is 10.3. The molecule has 3 heteroatoms. The number of nitrogens with two attached hydrogens (primary N) is 1. The van der Waals surface area contributed by atoms with Gasteiger partial charge in [0.05, 0.1) is 0 Å². The van der Waals surface area contributed by atoms with E-state index >= 15 is 0 Å². The first kappa shape index (κ1) is 12.5. The van der Waals surface area contributed by atoms with Gasteiger partial charge in [0.2, 0.25) is 0 Å². The molecule has 0 radical (unpaired) electrons. The molecule has 2 N–H and O–H groups in total. The van der Waals surface area contributed by atoms with Gasteiger partial charge in [0.1, 0.15) is 5.82 Å². The van der Waals surface area contributed by atoms with Crippen LogP contribution in [-0.4, -0.2) is 13.2 Å². The van der Waals surface area contributed by atoms with Gasteiger partial charge in [-0.1, -0.05) is 19.1 Å². The van der Waals surface area contributed by atoms with E-state index in [2.05, 4.69) is 6.92 Å². The van der Waals surface area contributed by atoms with Gasteiger partial charge in [-0.15, -0.1) is 0 Å². The second-order valence-corrected chi connectivity index (χ2v) is 4.79. The molecule has 1 aliphatic rings. The van der Waals surface area contributed by atoms with Crippen molar-refractivity contribution < 1.29 is 9.13 Å². The summed E-state index contributed by atoms with van der Waals surface area (Å²) in [7, 11) is 0. The van der Waals surface area contributed by atoms with Gasteiger partial charge in [0.15, 0.2) is 0 Å². The second-order valence-electron chi connectivity index (χ2n) is 4.79. The lowest BCUT2D eigenvalue weighted by atomic mass is 9.73. The van der Waals surface area contributed by atoms with Crippen LogP contribution in [0.3, 0.4) is 0 Å². The Bertz CT molecular complexity index is 376. The zero-order chi connectivity index (χ0) is 12.3. The highest BCUT2D eigenvalue weighted by molar-refractivity contribution is 5.26. The largest absolute Gasteiger partial charge is 0.381 e. The molecule has 2 rings (SSSR count). The predicted molar refractivity (Wildman–Crippen MR) is 66.1 cm³/mol. The van der Waals surface area contributed by atoms with Crippen LogP contribution in [0.15, 0.2) is 24.3 Å². The molecule has 0 amide bonds. The van der Waals surface area contributed by atoms with Crippen LogP contribution < -0.4 is 5.73 Å². The summed E-state index contributed by atoms with van der Waals surface area (Å²) in [5.41, 5.74) is 7.02. The molecular formula is C14H20FNO. The minimum absolute atomic E-state index is 0.210. The van der Waals surface area contributed by atoms with Crippen molar-refractivity contribution in [3.05, 3.63) is 35.6 Å². The predicted octanol–water partition coefficient (Wildman–Crippen LogP) is 2.82. The molecular weight excluding hydrogens is 217 g/mol. The number of rotatable bonds is 3. The van der Waals surface area contributed by atoms with E-state index in [0.29, 0.717) is 5.92 Å². The lowest BCUT2D eigenvalue weighted by Crippen LogP contribution is -2.46. The topological polar surface area (TPSA) is 35.2 Å². The highest BCUT2D eigenvalue weighted by Crippen LogP contribution is 2.36. The fourth-order valence-electron chi connectivity index (χ4n) is 2.72. The van der Waals surface area contributed by atoms with E-state index in [1.165, 1.54) is 6.07 Å². The molecule has 1 heterocycles. The highest BCUT2D eigenvalue weighted by Gasteiger charge is 2.36. The Balaban J connectivity index is 2.29. The van der Waals surface area contributed by atoms with E-state index in [0.717, 1.165) is 38.0 Å². The average Bonchev–Trinajstić information content (AvgIpc) is 2.39. The van der Waals surface area contributed by atoms with Gasteiger partial charge < -0.3 is 10.5 Å². The van der Waals surface area contributed by atoms with Crippen molar-refractivity contribution >= 4 is 0 Å². The van der Waals surface area contributed by atoms with E-state index in [9.17, 15) is 4.39 Å². The normalized spacial score (nSPS) is 21.1. The molecule has 1 aromatic carbocycles.